The molecular formula is C9H10Cl2NO4P. The van der Waals surface area contributed by atoms with Gasteiger partial charge in [0.2, 0.25) is 0 Å². The molecule has 2 unspecified atom stereocenters. The van der Waals surface area contributed by atoms with E-state index >= 15 is 0 Å². The number of rotatable bonds is 5. The Balaban J connectivity index is 2.69. The lowest BCUT2D eigenvalue weighted by molar-refractivity contribution is -0.138. The van der Waals surface area contributed by atoms with Crippen molar-refractivity contribution in [3.63, 3.8) is 0 Å². The largest absolute Gasteiger partial charge is 0.480 e. The molecule has 0 aliphatic carbocycles. The van der Waals surface area contributed by atoms with Gasteiger partial charge in [-0.25, -0.2) is 9.65 Å². The normalized spacial score (nSPS) is 15.9. The van der Waals surface area contributed by atoms with Crippen molar-refractivity contribution < 1.29 is 19.0 Å². The van der Waals surface area contributed by atoms with Gasteiger partial charge in [-0.3, -0.25) is 4.79 Å². The monoisotopic (exact) mass is 297 g/mol. The zero-order chi connectivity index (χ0) is 13.1. The quantitative estimate of drug-likeness (QED) is 0.817. The van der Waals surface area contributed by atoms with Crippen LogP contribution in [0.5, 0.6) is 5.75 Å². The standard InChI is InChI=1S/C9H10Cl2NO4P/c1-6(9(13)14)12-17(11,15)16-8-4-2-7(10)3-5-8/h2-6H,1H3,(H,12,15)(H,13,14). The summed E-state index contributed by atoms with van der Waals surface area (Å²) in [7, 11) is 0. The molecule has 0 aliphatic heterocycles. The van der Waals surface area contributed by atoms with Gasteiger partial charge in [-0.05, 0) is 31.2 Å². The fourth-order valence-corrected chi connectivity index (χ4v) is 2.77. The van der Waals surface area contributed by atoms with Crippen LogP contribution in [-0.2, 0) is 9.36 Å². The topological polar surface area (TPSA) is 75.6 Å². The van der Waals surface area contributed by atoms with Crippen LogP contribution >= 0.6 is 29.7 Å². The highest BCUT2D eigenvalue weighted by atomic mass is 35.7. The van der Waals surface area contributed by atoms with E-state index in [9.17, 15) is 9.36 Å². The molecule has 2 N–H and O–H groups in total. The number of nitrogens with one attached hydrogen (secondary N) is 1. The highest BCUT2D eigenvalue weighted by Gasteiger charge is 2.26. The minimum Gasteiger partial charge on any atom is -0.480 e. The Bertz CT molecular complexity index is 451. The van der Waals surface area contributed by atoms with Crippen LogP contribution in [0.2, 0.25) is 5.02 Å². The average Bonchev–Trinajstić information content (AvgIpc) is 2.20. The number of hydrogen-bond acceptors (Lipinski definition) is 3. The Morgan fingerprint density at radius 3 is 2.47 bits per heavy atom. The molecule has 94 valence electrons. The van der Waals surface area contributed by atoms with E-state index in [0.717, 1.165) is 0 Å². The smallest absolute Gasteiger partial charge is 0.409 e. The van der Waals surface area contributed by atoms with Gasteiger partial charge in [-0.1, -0.05) is 11.6 Å². The molecule has 2 atom stereocenters. The van der Waals surface area contributed by atoms with E-state index in [-0.39, 0.29) is 5.75 Å². The fraction of sp³-hybridized carbons (Fsp3) is 0.222. The Labute approximate surface area is 108 Å². The maximum atomic E-state index is 11.7. The van der Waals surface area contributed by atoms with Crippen molar-refractivity contribution in [1.29, 1.82) is 0 Å². The molecule has 0 spiro atoms. The third kappa shape index (κ3) is 4.96. The van der Waals surface area contributed by atoms with E-state index in [2.05, 4.69) is 5.09 Å². The van der Waals surface area contributed by atoms with Crippen LogP contribution < -0.4 is 9.61 Å². The predicted molar refractivity (Wildman–Crippen MR) is 65.8 cm³/mol. The number of carboxylic acid groups (broad SMARTS) is 1. The molecule has 0 saturated carbocycles. The van der Waals surface area contributed by atoms with Gasteiger partial charge in [0.15, 0.2) is 0 Å². The minimum absolute atomic E-state index is 0.234. The lowest BCUT2D eigenvalue weighted by atomic mass is 10.3. The number of carbonyl (C=O) groups is 1. The number of benzene rings is 1. The lowest BCUT2D eigenvalue weighted by Crippen LogP contribution is -2.31. The first-order chi connectivity index (χ1) is 7.80. The van der Waals surface area contributed by atoms with Crippen LogP contribution in [-0.4, -0.2) is 17.1 Å². The summed E-state index contributed by atoms with van der Waals surface area (Å²) >= 11 is 11.2. The van der Waals surface area contributed by atoms with Crippen molar-refractivity contribution in [2.75, 3.05) is 0 Å². The van der Waals surface area contributed by atoms with Crippen molar-refractivity contribution >= 4 is 35.7 Å². The first-order valence-electron chi connectivity index (χ1n) is 4.55. The number of hydrogen-bond donors (Lipinski definition) is 2. The third-order valence-electron chi connectivity index (χ3n) is 1.75. The molecule has 1 aromatic carbocycles. The van der Waals surface area contributed by atoms with Gasteiger partial charge in [0.25, 0.3) is 0 Å². The number of carboxylic acids is 1. The fourth-order valence-electron chi connectivity index (χ4n) is 0.944. The Morgan fingerprint density at radius 2 is 2.00 bits per heavy atom. The maximum absolute atomic E-state index is 11.7. The number of halogens is 2. The SMILES string of the molecule is CC(NP(=O)(Cl)Oc1ccc(Cl)cc1)C(=O)O. The zero-order valence-corrected chi connectivity index (χ0v) is 11.2. The summed E-state index contributed by atoms with van der Waals surface area (Å²) in [5, 5.41) is 11.3. The molecule has 5 nitrogen and oxygen atoms in total. The van der Waals surface area contributed by atoms with Crippen LogP contribution in [0, 0.1) is 0 Å². The van der Waals surface area contributed by atoms with E-state index in [0.29, 0.717) is 5.02 Å². The summed E-state index contributed by atoms with van der Waals surface area (Å²) in [4.78, 5) is 10.6. The molecule has 0 aromatic heterocycles. The lowest BCUT2D eigenvalue weighted by Gasteiger charge is -2.16. The highest BCUT2D eigenvalue weighted by molar-refractivity contribution is 7.84. The molecule has 0 aliphatic rings. The van der Waals surface area contributed by atoms with Crippen molar-refractivity contribution in [2.45, 2.75) is 13.0 Å². The average molecular weight is 298 g/mol. The highest BCUT2D eigenvalue weighted by Crippen LogP contribution is 2.48. The summed E-state index contributed by atoms with van der Waals surface area (Å²) in [6.07, 6.45) is 0. The van der Waals surface area contributed by atoms with Crippen LogP contribution in [0.4, 0.5) is 0 Å². The van der Waals surface area contributed by atoms with E-state index < -0.39 is 18.9 Å². The molecule has 0 saturated heterocycles. The Kier molecular flexibility index (Phi) is 4.83. The zero-order valence-electron chi connectivity index (χ0n) is 8.76. The van der Waals surface area contributed by atoms with Gasteiger partial charge >= 0.3 is 12.8 Å². The van der Waals surface area contributed by atoms with Crippen LogP contribution in [0.15, 0.2) is 24.3 Å². The summed E-state index contributed by atoms with van der Waals surface area (Å²) in [6, 6.07) is 4.95. The van der Waals surface area contributed by atoms with Gasteiger partial charge in [-0.2, -0.15) is 0 Å². The van der Waals surface area contributed by atoms with Crippen molar-refractivity contribution in [3.05, 3.63) is 29.3 Å². The first-order valence-corrected chi connectivity index (χ1v) is 7.46. The van der Waals surface area contributed by atoms with Gasteiger partial charge < -0.3 is 9.63 Å². The summed E-state index contributed by atoms with van der Waals surface area (Å²) < 4.78 is 16.7. The van der Waals surface area contributed by atoms with Gasteiger partial charge in [0, 0.05) is 16.3 Å². The number of aliphatic carboxylic acids is 1. The molecule has 0 heterocycles. The minimum atomic E-state index is -3.74. The molecule has 1 aromatic rings. The van der Waals surface area contributed by atoms with Gasteiger partial charge in [0.1, 0.15) is 11.8 Å². The summed E-state index contributed by atoms with van der Waals surface area (Å²) in [5.74, 6) is -0.941. The summed E-state index contributed by atoms with van der Waals surface area (Å²) in [6.45, 7) is -2.43. The second-order valence-electron chi connectivity index (χ2n) is 3.21. The second-order valence-corrected chi connectivity index (χ2v) is 6.39. The van der Waals surface area contributed by atoms with E-state index in [1.165, 1.54) is 31.2 Å². The van der Waals surface area contributed by atoms with E-state index in [4.69, 9.17) is 32.5 Å². The maximum Gasteiger partial charge on any atom is 0.409 e. The molecule has 0 bridgehead atoms. The van der Waals surface area contributed by atoms with Crippen LogP contribution in [0.1, 0.15) is 6.92 Å². The molecule has 17 heavy (non-hydrogen) atoms. The van der Waals surface area contributed by atoms with E-state index in [1.807, 2.05) is 0 Å². The van der Waals surface area contributed by atoms with Crippen molar-refractivity contribution in [2.24, 2.45) is 0 Å². The van der Waals surface area contributed by atoms with Crippen molar-refractivity contribution in [3.8, 4) is 5.75 Å². The van der Waals surface area contributed by atoms with Crippen LogP contribution in [0.25, 0.3) is 0 Å². The van der Waals surface area contributed by atoms with Gasteiger partial charge in [-0.15, -0.1) is 0 Å². The molecule has 0 fully saturated rings. The first kappa shape index (κ1) is 14.3. The van der Waals surface area contributed by atoms with Gasteiger partial charge in [0.05, 0.1) is 0 Å². The molecule has 0 radical (unpaired) electrons. The van der Waals surface area contributed by atoms with Crippen LogP contribution in [0.3, 0.4) is 0 Å². The van der Waals surface area contributed by atoms with E-state index in [1.54, 1.807) is 0 Å². The second kappa shape index (κ2) is 5.74. The third-order valence-corrected chi connectivity index (χ3v) is 3.65. The predicted octanol–water partition coefficient (Wildman–Crippen LogP) is 3.13. The Hall–Kier alpha value is -0.740. The Morgan fingerprint density at radius 1 is 1.47 bits per heavy atom. The van der Waals surface area contributed by atoms with Crippen molar-refractivity contribution in [1.82, 2.24) is 5.09 Å². The molecule has 0 amide bonds. The molecular weight excluding hydrogens is 288 g/mol. The molecule has 8 heteroatoms. The summed E-state index contributed by atoms with van der Waals surface area (Å²) in [5.41, 5.74) is 0. The molecule has 1 rings (SSSR count).